The fraction of sp³-hybridized carbons (Fsp3) is 0.320. The van der Waals surface area contributed by atoms with Crippen molar-refractivity contribution in [2.24, 2.45) is 5.92 Å². The highest BCUT2D eigenvalue weighted by molar-refractivity contribution is 7.08. The Morgan fingerprint density at radius 1 is 1.03 bits per heavy atom. The number of benzene rings is 2. The summed E-state index contributed by atoms with van der Waals surface area (Å²) in [4.78, 5) is 15.9. The lowest BCUT2D eigenvalue weighted by Gasteiger charge is -2.38. The molecule has 2 aromatic carbocycles. The molecule has 1 amide bonds. The second kappa shape index (κ2) is 8.72. The number of nitrogens with one attached hydrogen (secondary N) is 1. The van der Waals surface area contributed by atoms with Gasteiger partial charge in [0.05, 0.1) is 25.2 Å². The zero-order valence-electron chi connectivity index (χ0n) is 16.9. The van der Waals surface area contributed by atoms with Gasteiger partial charge in [-0.3, -0.25) is 4.79 Å². The molecular formula is C25H26N2O2S. The van der Waals surface area contributed by atoms with Gasteiger partial charge in [0.25, 0.3) is 0 Å². The highest BCUT2D eigenvalue weighted by Gasteiger charge is 2.40. The third kappa shape index (κ3) is 3.69. The van der Waals surface area contributed by atoms with Gasteiger partial charge < -0.3 is 15.0 Å². The molecule has 4 nitrogen and oxygen atoms in total. The molecule has 0 radical (unpaired) electrons. The molecule has 2 fully saturated rings. The topological polar surface area (TPSA) is 41.6 Å². The van der Waals surface area contributed by atoms with Crippen molar-refractivity contribution in [2.75, 3.05) is 32.8 Å². The molecule has 0 saturated carbocycles. The second-order valence-corrected chi connectivity index (χ2v) is 8.78. The van der Waals surface area contributed by atoms with Crippen LogP contribution in [0, 0.1) is 5.92 Å². The smallest absolute Gasteiger partial charge is 0.228 e. The predicted octanol–water partition coefficient (Wildman–Crippen LogP) is 4.32. The summed E-state index contributed by atoms with van der Waals surface area (Å²) < 4.78 is 5.75. The lowest BCUT2D eigenvalue weighted by molar-refractivity contribution is -0.144. The molecule has 3 aromatic rings. The van der Waals surface area contributed by atoms with Crippen LogP contribution in [0.4, 0.5) is 0 Å². The van der Waals surface area contributed by atoms with Crippen molar-refractivity contribution in [3.63, 3.8) is 0 Å². The van der Waals surface area contributed by atoms with Crippen molar-refractivity contribution < 1.29 is 9.53 Å². The van der Waals surface area contributed by atoms with E-state index in [1.165, 1.54) is 16.7 Å². The minimum atomic E-state index is -0.0610. The molecular weight excluding hydrogens is 392 g/mol. The van der Waals surface area contributed by atoms with Crippen molar-refractivity contribution in [1.29, 1.82) is 0 Å². The number of ether oxygens (including phenoxy) is 1. The number of hydrogen-bond acceptors (Lipinski definition) is 4. The third-order valence-corrected chi connectivity index (χ3v) is 7.00. The molecule has 5 rings (SSSR count). The molecule has 1 N–H and O–H groups in total. The number of morpholine rings is 1. The summed E-state index contributed by atoms with van der Waals surface area (Å²) >= 11 is 1.71. The van der Waals surface area contributed by atoms with Gasteiger partial charge in [-0.25, -0.2) is 0 Å². The monoisotopic (exact) mass is 418 g/mol. The van der Waals surface area contributed by atoms with Crippen molar-refractivity contribution in [3.8, 4) is 11.1 Å². The van der Waals surface area contributed by atoms with Crippen molar-refractivity contribution in [3.05, 3.63) is 82.6 Å². The molecule has 1 aromatic heterocycles. The fourth-order valence-corrected chi connectivity index (χ4v) is 5.45. The molecule has 2 aliphatic rings. The van der Waals surface area contributed by atoms with Crippen LogP contribution in [0.25, 0.3) is 11.1 Å². The Hall–Kier alpha value is -2.47. The summed E-state index contributed by atoms with van der Waals surface area (Å²) in [7, 11) is 0. The number of nitrogens with zero attached hydrogens (tertiary/aromatic N) is 1. The highest BCUT2D eigenvalue weighted by atomic mass is 32.1. The number of hydrogen-bond donors (Lipinski definition) is 1. The maximum atomic E-state index is 13.8. The number of carbonyl (C=O) groups excluding carboxylic acids is 1. The van der Waals surface area contributed by atoms with Gasteiger partial charge in [-0.15, -0.1) is 0 Å². The van der Waals surface area contributed by atoms with Crippen LogP contribution in [-0.4, -0.2) is 43.7 Å². The standard InChI is InChI=1S/C25H26N2O2S/c28-25(27-11-12-29-16-24(27)18-6-2-1-3-7-18)23-15-26-14-22(23)21-9-5-4-8-20(21)19-10-13-30-17-19/h1-10,13,17,22-24,26H,11-12,14-16H2/t22-,23+,24+/m0/s1. The minimum Gasteiger partial charge on any atom is -0.377 e. The molecule has 30 heavy (non-hydrogen) atoms. The van der Waals surface area contributed by atoms with Crippen molar-refractivity contribution in [1.82, 2.24) is 10.2 Å². The first-order valence-corrected chi connectivity index (χ1v) is 11.5. The van der Waals surface area contributed by atoms with Gasteiger partial charge in [0.1, 0.15) is 0 Å². The van der Waals surface area contributed by atoms with Gasteiger partial charge >= 0.3 is 0 Å². The lowest BCUT2D eigenvalue weighted by Crippen LogP contribution is -2.47. The average molecular weight is 419 g/mol. The van der Waals surface area contributed by atoms with Crippen LogP contribution in [0.1, 0.15) is 23.1 Å². The zero-order chi connectivity index (χ0) is 20.3. The summed E-state index contributed by atoms with van der Waals surface area (Å²) in [6.45, 7) is 3.36. The Morgan fingerprint density at radius 2 is 1.87 bits per heavy atom. The van der Waals surface area contributed by atoms with Crippen LogP contribution in [0.2, 0.25) is 0 Å². The Morgan fingerprint density at radius 3 is 2.70 bits per heavy atom. The third-order valence-electron chi connectivity index (χ3n) is 6.32. The van der Waals surface area contributed by atoms with E-state index in [2.05, 4.69) is 63.4 Å². The largest absolute Gasteiger partial charge is 0.377 e. The van der Waals surface area contributed by atoms with E-state index in [1.807, 2.05) is 18.2 Å². The first-order chi connectivity index (χ1) is 14.8. The van der Waals surface area contributed by atoms with E-state index in [9.17, 15) is 4.79 Å². The Kier molecular flexibility index (Phi) is 5.67. The van der Waals surface area contributed by atoms with Gasteiger partial charge in [-0.05, 0) is 39.1 Å². The highest BCUT2D eigenvalue weighted by Crippen LogP contribution is 2.38. The van der Waals surface area contributed by atoms with E-state index in [1.54, 1.807) is 11.3 Å². The van der Waals surface area contributed by atoms with E-state index in [0.717, 1.165) is 18.7 Å². The molecule has 154 valence electrons. The van der Waals surface area contributed by atoms with Gasteiger partial charge in [0.15, 0.2) is 0 Å². The molecule has 3 atom stereocenters. The van der Waals surface area contributed by atoms with Crippen molar-refractivity contribution in [2.45, 2.75) is 12.0 Å². The normalized spacial score (nSPS) is 24.1. The molecule has 0 aliphatic carbocycles. The molecule has 0 unspecified atom stereocenters. The zero-order valence-corrected chi connectivity index (χ0v) is 17.7. The van der Waals surface area contributed by atoms with E-state index in [-0.39, 0.29) is 23.8 Å². The maximum Gasteiger partial charge on any atom is 0.228 e. The first kappa shape index (κ1) is 19.5. The van der Waals surface area contributed by atoms with Crippen LogP contribution in [0.5, 0.6) is 0 Å². The first-order valence-electron chi connectivity index (χ1n) is 10.6. The molecule has 2 saturated heterocycles. The molecule has 3 heterocycles. The van der Waals surface area contributed by atoms with Crippen LogP contribution < -0.4 is 5.32 Å². The van der Waals surface area contributed by atoms with E-state index in [4.69, 9.17) is 4.74 Å². The van der Waals surface area contributed by atoms with Crippen LogP contribution in [-0.2, 0) is 9.53 Å². The summed E-state index contributed by atoms with van der Waals surface area (Å²) in [5, 5.41) is 7.79. The van der Waals surface area contributed by atoms with E-state index in [0.29, 0.717) is 19.8 Å². The minimum absolute atomic E-state index is 0.0131. The number of thiophene rings is 1. The average Bonchev–Trinajstić information content (AvgIpc) is 3.52. The molecule has 0 bridgehead atoms. The lowest BCUT2D eigenvalue weighted by atomic mass is 9.83. The summed E-state index contributed by atoms with van der Waals surface area (Å²) in [5.74, 6) is 0.351. The Balaban J connectivity index is 1.45. The van der Waals surface area contributed by atoms with Crippen LogP contribution in [0.15, 0.2) is 71.4 Å². The van der Waals surface area contributed by atoms with E-state index < -0.39 is 0 Å². The van der Waals surface area contributed by atoms with Crippen LogP contribution >= 0.6 is 11.3 Å². The second-order valence-electron chi connectivity index (χ2n) is 8.00. The van der Waals surface area contributed by atoms with Gasteiger partial charge in [-0.2, -0.15) is 11.3 Å². The van der Waals surface area contributed by atoms with Crippen molar-refractivity contribution >= 4 is 17.2 Å². The SMILES string of the molecule is O=C([C@@H]1CNC[C@H]1c1ccccc1-c1ccsc1)N1CCOC[C@@H]1c1ccccc1. The fourth-order valence-electron chi connectivity index (χ4n) is 4.80. The Labute approximate surface area is 181 Å². The predicted molar refractivity (Wildman–Crippen MR) is 121 cm³/mol. The quantitative estimate of drug-likeness (QED) is 0.686. The van der Waals surface area contributed by atoms with E-state index >= 15 is 0 Å². The van der Waals surface area contributed by atoms with Gasteiger partial charge in [0, 0.05) is 25.6 Å². The van der Waals surface area contributed by atoms with Gasteiger partial charge in [-0.1, -0.05) is 54.6 Å². The summed E-state index contributed by atoms with van der Waals surface area (Å²) in [6.07, 6.45) is 0. The molecule has 2 aliphatic heterocycles. The summed E-state index contributed by atoms with van der Waals surface area (Å²) in [6, 6.07) is 21.0. The van der Waals surface area contributed by atoms with Crippen LogP contribution in [0.3, 0.4) is 0 Å². The van der Waals surface area contributed by atoms with Gasteiger partial charge in [0.2, 0.25) is 5.91 Å². The number of amides is 1. The Bertz CT molecular complexity index is 989. The molecule has 0 spiro atoms. The number of rotatable bonds is 4. The maximum absolute atomic E-state index is 13.8. The number of carbonyl (C=O) groups is 1. The summed E-state index contributed by atoms with van der Waals surface area (Å²) in [5.41, 5.74) is 4.89. The molecule has 5 heteroatoms.